The fraction of sp³-hybridized carbons (Fsp3) is 0.657. The maximum absolute atomic E-state index is 13.1. The van der Waals surface area contributed by atoms with E-state index in [1.165, 1.54) is 12.7 Å². The number of ether oxygens (including phenoxy) is 4. The molecule has 1 N–H and O–H groups in total. The number of aliphatic hydroxyl groups excluding tert-OH is 1. The van der Waals surface area contributed by atoms with Crippen LogP contribution in [0.5, 0.6) is 0 Å². The van der Waals surface area contributed by atoms with Crippen LogP contribution < -0.4 is 0 Å². The van der Waals surface area contributed by atoms with Crippen molar-refractivity contribution in [2.45, 2.75) is 116 Å². The molecule has 2 fully saturated rings. The molecule has 234 valence electrons. The van der Waals surface area contributed by atoms with Crippen molar-refractivity contribution in [2.75, 3.05) is 13.7 Å². The second kappa shape index (κ2) is 18.2. The van der Waals surface area contributed by atoms with E-state index >= 15 is 0 Å². The summed E-state index contributed by atoms with van der Waals surface area (Å²) < 4.78 is 23.4. The Morgan fingerprint density at radius 3 is 2.52 bits per heavy atom. The number of methoxy groups -OCH3 is 1. The molecule has 7 atom stereocenters. The van der Waals surface area contributed by atoms with Crippen LogP contribution in [0, 0.1) is 17.8 Å². The molecular formula is C35H52O7. The van der Waals surface area contributed by atoms with Gasteiger partial charge in [-0.15, -0.1) is 0 Å². The van der Waals surface area contributed by atoms with E-state index in [1.54, 1.807) is 12.1 Å². The number of unbranched alkanes of at least 4 members (excludes halogenated alkanes) is 3. The Labute approximate surface area is 252 Å². The maximum atomic E-state index is 13.1. The molecule has 0 spiro atoms. The molecule has 0 bridgehead atoms. The summed E-state index contributed by atoms with van der Waals surface area (Å²) in [7, 11) is 1.42. The van der Waals surface area contributed by atoms with Gasteiger partial charge in [-0.2, -0.15) is 0 Å². The van der Waals surface area contributed by atoms with Crippen LogP contribution >= 0.6 is 0 Å². The average molecular weight is 585 g/mol. The molecule has 42 heavy (non-hydrogen) atoms. The first-order chi connectivity index (χ1) is 20.3. The van der Waals surface area contributed by atoms with Gasteiger partial charge in [-0.25, -0.2) is 4.79 Å². The van der Waals surface area contributed by atoms with Gasteiger partial charge in [0.2, 0.25) is 0 Å². The normalized spacial score (nSPS) is 25.6. The van der Waals surface area contributed by atoms with Crippen LogP contribution in [0.4, 0.5) is 0 Å². The highest BCUT2D eigenvalue weighted by atomic mass is 16.7. The summed E-state index contributed by atoms with van der Waals surface area (Å²) in [5.41, 5.74) is 1.78. The molecule has 0 amide bonds. The second-order valence-electron chi connectivity index (χ2n) is 12.2. The highest BCUT2D eigenvalue weighted by molar-refractivity contribution is 5.89. The van der Waals surface area contributed by atoms with Gasteiger partial charge < -0.3 is 24.1 Å². The molecule has 7 nitrogen and oxygen atoms in total. The minimum atomic E-state index is -0.586. The Balaban J connectivity index is 1.77. The summed E-state index contributed by atoms with van der Waals surface area (Å²) in [6.07, 6.45) is 14.2. The molecule has 1 saturated carbocycles. The third-order valence-corrected chi connectivity index (χ3v) is 8.51. The number of allylic oxidation sites excluding steroid dienone is 2. The first-order valence-electron chi connectivity index (χ1n) is 15.9. The number of aliphatic hydroxyl groups is 1. The van der Waals surface area contributed by atoms with Crippen LogP contribution in [-0.2, 0) is 23.7 Å². The van der Waals surface area contributed by atoms with Gasteiger partial charge in [0.05, 0.1) is 24.9 Å². The van der Waals surface area contributed by atoms with Crippen LogP contribution in [0.25, 0.3) is 0 Å². The zero-order valence-corrected chi connectivity index (χ0v) is 26.0. The summed E-state index contributed by atoms with van der Waals surface area (Å²) in [6.45, 7) is 6.89. The number of benzene rings is 1. The molecule has 1 aromatic rings. The van der Waals surface area contributed by atoms with Crippen molar-refractivity contribution >= 4 is 11.9 Å². The summed E-state index contributed by atoms with van der Waals surface area (Å²) in [6, 6.07) is 9.12. The van der Waals surface area contributed by atoms with Crippen LogP contribution in [0.1, 0.15) is 102 Å². The van der Waals surface area contributed by atoms with Gasteiger partial charge in [0.25, 0.3) is 0 Å². The third-order valence-electron chi connectivity index (χ3n) is 8.51. The maximum Gasteiger partial charge on any atom is 0.338 e. The van der Waals surface area contributed by atoms with Crippen molar-refractivity contribution in [1.29, 1.82) is 0 Å². The lowest BCUT2D eigenvalue weighted by molar-refractivity contribution is -0.193. The molecule has 1 heterocycles. The molecule has 1 aliphatic heterocycles. The van der Waals surface area contributed by atoms with Crippen LogP contribution in [0.15, 0.2) is 54.1 Å². The van der Waals surface area contributed by atoms with Gasteiger partial charge in [-0.1, -0.05) is 68.2 Å². The van der Waals surface area contributed by atoms with E-state index < -0.39 is 6.10 Å². The Kier molecular flexibility index (Phi) is 14.8. The zero-order chi connectivity index (χ0) is 30.3. The standard InChI is InChI=1S/C35H52O7/c1-25(2)19-20-26(3)30(36)22-21-29-28(16-10-5-6-11-17-33(37)39-4)32(42-35(38)27-14-8-7-9-15-27)24-31(29)41-34-18-12-13-23-40-34/h7-9,14-15,19,21-22,26,28-32,34,36H,5-6,10-13,16-18,20,23-24H2,1-4H3/b22-21+/t26?,28-,29-,30+,31-,32+,34?/m1/s1. The topological polar surface area (TPSA) is 91.3 Å². The van der Waals surface area contributed by atoms with Crippen LogP contribution in [-0.4, -0.2) is 55.4 Å². The number of carbonyl (C=O) groups excluding carboxylic acids is 2. The Morgan fingerprint density at radius 2 is 1.83 bits per heavy atom. The van der Waals surface area contributed by atoms with Gasteiger partial charge >= 0.3 is 11.9 Å². The van der Waals surface area contributed by atoms with Crippen molar-refractivity contribution in [3.05, 3.63) is 59.7 Å². The molecule has 2 unspecified atom stereocenters. The highest BCUT2D eigenvalue weighted by Gasteiger charge is 2.45. The number of hydrogen-bond donors (Lipinski definition) is 1. The highest BCUT2D eigenvalue weighted by Crippen LogP contribution is 2.42. The number of rotatable bonds is 16. The number of hydrogen-bond acceptors (Lipinski definition) is 7. The van der Waals surface area contributed by atoms with Crippen molar-refractivity contribution in [1.82, 2.24) is 0 Å². The van der Waals surface area contributed by atoms with Crippen LogP contribution in [0.3, 0.4) is 0 Å². The van der Waals surface area contributed by atoms with E-state index in [1.807, 2.05) is 24.3 Å². The van der Waals surface area contributed by atoms with E-state index in [9.17, 15) is 14.7 Å². The quantitative estimate of drug-likeness (QED) is 0.125. The molecule has 3 rings (SSSR count). The van der Waals surface area contributed by atoms with Crippen molar-refractivity contribution in [3.63, 3.8) is 0 Å². The zero-order valence-electron chi connectivity index (χ0n) is 26.0. The summed E-state index contributed by atoms with van der Waals surface area (Å²) in [5, 5.41) is 11.0. The van der Waals surface area contributed by atoms with Gasteiger partial charge in [0.15, 0.2) is 6.29 Å². The van der Waals surface area contributed by atoms with E-state index in [-0.39, 0.29) is 48.2 Å². The fourth-order valence-electron chi connectivity index (χ4n) is 5.90. The van der Waals surface area contributed by atoms with Crippen molar-refractivity contribution in [3.8, 4) is 0 Å². The molecule has 1 saturated heterocycles. The fourth-order valence-corrected chi connectivity index (χ4v) is 5.90. The van der Waals surface area contributed by atoms with E-state index in [4.69, 9.17) is 18.9 Å². The van der Waals surface area contributed by atoms with E-state index in [0.29, 0.717) is 25.0 Å². The predicted molar refractivity (Wildman–Crippen MR) is 164 cm³/mol. The number of esters is 2. The molecular weight excluding hydrogens is 532 g/mol. The molecule has 1 aromatic carbocycles. The summed E-state index contributed by atoms with van der Waals surface area (Å²) in [4.78, 5) is 24.6. The minimum Gasteiger partial charge on any atom is -0.469 e. The van der Waals surface area contributed by atoms with Gasteiger partial charge in [-0.3, -0.25) is 4.79 Å². The Bertz CT molecular complexity index is 994. The lowest BCUT2D eigenvalue weighted by Gasteiger charge is -2.29. The molecule has 0 radical (unpaired) electrons. The molecule has 2 aliphatic rings. The second-order valence-corrected chi connectivity index (χ2v) is 12.2. The minimum absolute atomic E-state index is 0.0236. The van der Waals surface area contributed by atoms with Gasteiger partial charge in [0.1, 0.15) is 6.10 Å². The monoisotopic (exact) mass is 584 g/mol. The van der Waals surface area contributed by atoms with E-state index in [2.05, 4.69) is 32.9 Å². The predicted octanol–water partition coefficient (Wildman–Crippen LogP) is 7.18. The summed E-state index contributed by atoms with van der Waals surface area (Å²) >= 11 is 0. The first-order valence-corrected chi connectivity index (χ1v) is 15.9. The number of carbonyl (C=O) groups is 2. The van der Waals surface area contributed by atoms with E-state index in [0.717, 1.165) is 57.8 Å². The smallest absolute Gasteiger partial charge is 0.338 e. The Hall–Kier alpha value is -2.48. The molecule has 1 aliphatic carbocycles. The third kappa shape index (κ3) is 11.3. The SMILES string of the molecule is COC(=O)CCCCCC[C@@H]1[C@@H](/C=C/[C@H](O)C(C)CC=C(C)C)[C@H](OC2CCCCO2)C[C@@H]1OC(=O)c1ccccc1. The lowest BCUT2D eigenvalue weighted by atomic mass is 9.87. The van der Waals surface area contributed by atoms with Crippen LogP contribution in [0.2, 0.25) is 0 Å². The first kappa shape index (κ1) is 34.0. The average Bonchev–Trinajstić information content (AvgIpc) is 3.31. The van der Waals surface area contributed by atoms with Crippen molar-refractivity contribution < 1.29 is 33.6 Å². The largest absolute Gasteiger partial charge is 0.469 e. The van der Waals surface area contributed by atoms with Gasteiger partial charge in [-0.05, 0) is 70.4 Å². The summed E-state index contributed by atoms with van der Waals surface area (Å²) in [5.74, 6) is -0.394. The van der Waals surface area contributed by atoms with Crippen molar-refractivity contribution in [2.24, 2.45) is 17.8 Å². The molecule has 0 aromatic heterocycles. The van der Waals surface area contributed by atoms with Gasteiger partial charge in [0, 0.05) is 31.3 Å². The Morgan fingerprint density at radius 1 is 1.07 bits per heavy atom. The lowest BCUT2D eigenvalue weighted by Crippen LogP contribution is -2.31. The molecule has 7 heteroatoms.